The van der Waals surface area contributed by atoms with E-state index >= 15 is 0 Å². The first-order valence-electron chi connectivity index (χ1n) is 6.65. The van der Waals surface area contributed by atoms with Gasteiger partial charge in [0.25, 0.3) is 0 Å². The zero-order valence-corrected chi connectivity index (χ0v) is 10.2. The third-order valence-corrected chi connectivity index (χ3v) is 3.84. The molecule has 1 fully saturated rings. The van der Waals surface area contributed by atoms with E-state index in [0.29, 0.717) is 5.92 Å². The number of nitrogens with one attached hydrogen (secondary N) is 2. The molecule has 1 unspecified atom stereocenters. The topological polar surface area (TPSA) is 53.6 Å². The van der Waals surface area contributed by atoms with E-state index in [1.165, 1.54) is 24.0 Å². The summed E-state index contributed by atoms with van der Waals surface area (Å²) in [7, 11) is 0. The summed E-state index contributed by atoms with van der Waals surface area (Å²) in [5.74, 6) is 2.56. The number of aromatic nitrogens is 3. The molecule has 4 nitrogen and oxygen atoms in total. The van der Waals surface area contributed by atoms with Crippen molar-refractivity contribution >= 4 is 0 Å². The average Bonchev–Trinajstić information content (AvgIpc) is 3.16. The van der Waals surface area contributed by atoms with Crippen LogP contribution in [-0.2, 0) is 6.42 Å². The molecule has 4 heteroatoms. The van der Waals surface area contributed by atoms with Gasteiger partial charge in [-0.2, -0.15) is 5.10 Å². The minimum absolute atomic E-state index is 0.176. The molecule has 0 amide bonds. The van der Waals surface area contributed by atoms with Gasteiger partial charge in [-0.3, -0.25) is 5.10 Å². The van der Waals surface area contributed by atoms with E-state index in [4.69, 9.17) is 0 Å². The van der Waals surface area contributed by atoms with Gasteiger partial charge in [0.05, 0.1) is 6.04 Å². The number of H-pyrrole nitrogens is 1. The monoisotopic (exact) mass is 240 g/mol. The highest BCUT2D eigenvalue weighted by Gasteiger charge is 2.30. The first kappa shape index (κ1) is 10.3. The zero-order chi connectivity index (χ0) is 11.9. The van der Waals surface area contributed by atoms with E-state index < -0.39 is 0 Å². The second-order valence-corrected chi connectivity index (χ2v) is 5.19. The van der Waals surface area contributed by atoms with Crippen LogP contribution < -0.4 is 5.32 Å². The van der Waals surface area contributed by atoms with Gasteiger partial charge in [0.15, 0.2) is 5.82 Å². The minimum Gasteiger partial charge on any atom is -0.303 e. The van der Waals surface area contributed by atoms with Crippen molar-refractivity contribution in [3.63, 3.8) is 0 Å². The van der Waals surface area contributed by atoms with Gasteiger partial charge in [-0.05, 0) is 30.4 Å². The summed E-state index contributed by atoms with van der Waals surface area (Å²) >= 11 is 0. The van der Waals surface area contributed by atoms with Crippen molar-refractivity contribution in [1.82, 2.24) is 20.5 Å². The van der Waals surface area contributed by atoms with Gasteiger partial charge in [-0.1, -0.05) is 24.3 Å². The van der Waals surface area contributed by atoms with Crippen molar-refractivity contribution in [2.75, 3.05) is 6.54 Å². The number of aromatic amines is 1. The van der Waals surface area contributed by atoms with E-state index in [2.05, 4.69) is 44.8 Å². The summed E-state index contributed by atoms with van der Waals surface area (Å²) in [5.41, 5.74) is 2.76. The molecule has 4 rings (SSSR count). The number of hydrogen-bond acceptors (Lipinski definition) is 3. The number of rotatable bonds is 2. The number of benzene rings is 1. The van der Waals surface area contributed by atoms with Crippen molar-refractivity contribution in [1.29, 1.82) is 0 Å². The fraction of sp³-hybridized carbons (Fsp3) is 0.429. The Morgan fingerprint density at radius 1 is 1.17 bits per heavy atom. The maximum Gasteiger partial charge on any atom is 0.153 e. The first-order chi connectivity index (χ1) is 8.92. The molecule has 1 aromatic heterocycles. The highest BCUT2D eigenvalue weighted by Crippen LogP contribution is 2.38. The molecule has 92 valence electrons. The predicted octanol–water partition coefficient (Wildman–Crippen LogP) is 1.92. The molecule has 1 aliphatic heterocycles. The van der Waals surface area contributed by atoms with Crippen molar-refractivity contribution < 1.29 is 0 Å². The molecule has 0 saturated heterocycles. The Morgan fingerprint density at radius 3 is 2.94 bits per heavy atom. The van der Waals surface area contributed by atoms with Crippen LogP contribution in [0.25, 0.3) is 0 Å². The molecular formula is C14H16N4. The van der Waals surface area contributed by atoms with E-state index in [0.717, 1.165) is 24.6 Å². The fourth-order valence-electron chi connectivity index (χ4n) is 2.69. The van der Waals surface area contributed by atoms with E-state index in [9.17, 15) is 0 Å². The summed E-state index contributed by atoms with van der Waals surface area (Å²) in [6.45, 7) is 1.00. The van der Waals surface area contributed by atoms with E-state index in [1.54, 1.807) is 0 Å². The van der Waals surface area contributed by atoms with Gasteiger partial charge in [0.1, 0.15) is 5.82 Å². The average molecular weight is 240 g/mol. The summed E-state index contributed by atoms with van der Waals surface area (Å²) in [6, 6.07) is 8.77. The maximum absolute atomic E-state index is 4.67. The van der Waals surface area contributed by atoms with Gasteiger partial charge in [-0.25, -0.2) is 4.98 Å². The number of fused-ring (bicyclic) bond motifs is 1. The van der Waals surface area contributed by atoms with Crippen LogP contribution in [0.4, 0.5) is 0 Å². The first-order valence-corrected chi connectivity index (χ1v) is 6.65. The van der Waals surface area contributed by atoms with Crippen LogP contribution in [0.5, 0.6) is 0 Å². The molecule has 2 aromatic rings. The lowest BCUT2D eigenvalue weighted by Crippen LogP contribution is -2.31. The Labute approximate surface area is 106 Å². The van der Waals surface area contributed by atoms with Gasteiger partial charge in [0, 0.05) is 12.5 Å². The molecule has 2 aliphatic rings. The highest BCUT2D eigenvalue weighted by atomic mass is 15.2. The van der Waals surface area contributed by atoms with Gasteiger partial charge in [0.2, 0.25) is 0 Å². The second kappa shape index (κ2) is 3.92. The summed E-state index contributed by atoms with van der Waals surface area (Å²) in [5, 5.41) is 11.0. The fourth-order valence-corrected chi connectivity index (χ4v) is 2.69. The van der Waals surface area contributed by atoms with Crippen molar-refractivity contribution in [3.05, 3.63) is 47.0 Å². The van der Waals surface area contributed by atoms with E-state index in [-0.39, 0.29) is 6.04 Å². The summed E-state index contributed by atoms with van der Waals surface area (Å²) in [4.78, 5) is 4.67. The molecule has 1 saturated carbocycles. The minimum atomic E-state index is 0.176. The normalized spacial score (nSPS) is 22.8. The molecule has 2 N–H and O–H groups in total. The largest absolute Gasteiger partial charge is 0.303 e. The van der Waals surface area contributed by atoms with Gasteiger partial charge < -0.3 is 5.32 Å². The lowest BCUT2D eigenvalue weighted by Gasteiger charge is -2.24. The summed E-state index contributed by atoms with van der Waals surface area (Å²) < 4.78 is 0. The Balaban J connectivity index is 1.71. The number of nitrogens with zero attached hydrogens (tertiary/aromatic N) is 2. The summed E-state index contributed by atoms with van der Waals surface area (Å²) in [6.07, 6.45) is 3.58. The molecule has 0 radical (unpaired) electrons. The number of hydrogen-bond donors (Lipinski definition) is 2. The molecule has 1 aliphatic carbocycles. The maximum atomic E-state index is 4.67. The standard InChI is InChI=1S/C14H16N4/c1-2-4-11-9(3-1)7-8-15-12(11)14-16-13(17-18-14)10-5-6-10/h1-4,10,12,15H,5-8H2,(H,16,17,18). The quantitative estimate of drug-likeness (QED) is 0.843. The molecule has 1 aromatic carbocycles. The van der Waals surface area contributed by atoms with Crippen LogP contribution in [0.2, 0.25) is 0 Å². The molecule has 0 bridgehead atoms. The Hall–Kier alpha value is -1.68. The zero-order valence-electron chi connectivity index (χ0n) is 10.2. The third-order valence-electron chi connectivity index (χ3n) is 3.84. The Morgan fingerprint density at radius 2 is 2.06 bits per heavy atom. The van der Waals surface area contributed by atoms with Gasteiger partial charge >= 0.3 is 0 Å². The molecule has 2 heterocycles. The smallest absolute Gasteiger partial charge is 0.153 e. The molecule has 0 spiro atoms. The van der Waals surface area contributed by atoms with Gasteiger partial charge in [-0.15, -0.1) is 0 Å². The molecule has 1 atom stereocenters. The Kier molecular flexibility index (Phi) is 2.23. The van der Waals surface area contributed by atoms with Crippen molar-refractivity contribution in [2.45, 2.75) is 31.2 Å². The van der Waals surface area contributed by atoms with Crippen LogP contribution in [0, 0.1) is 0 Å². The van der Waals surface area contributed by atoms with Crippen LogP contribution in [-0.4, -0.2) is 21.7 Å². The predicted molar refractivity (Wildman–Crippen MR) is 68.3 cm³/mol. The lowest BCUT2D eigenvalue weighted by molar-refractivity contribution is 0.545. The van der Waals surface area contributed by atoms with Crippen molar-refractivity contribution in [2.24, 2.45) is 0 Å². The second-order valence-electron chi connectivity index (χ2n) is 5.19. The molecular weight excluding hydrogens is 224 g/mol. The SMILES string of the molecule is c1ccc2c(c1)CCNC2c1nc(C2CC2)n[nH]1. The lowest BCUT2D eigenvalue weighted by atomic mass is 9.94. The highest BCUT2D eigenvalue weighted by molar-refractivity contribution is 5.35. The Bertz CT molecular complexity index is 571. The van der Waals surface area contributed by atoms with Crippen LogP contribution >= 0.6 is 0 Å². The van der Waals surface area contributed by atoms with Crippen LogP contribution in [0.3, 0.4) is 0 Å². The van der Waals surface area contributed by atoms with E-state index in [1.807, 2.05) is 0 Å². The third kappa shape index (κ3) is 1.64. The van der Waals surface area contributed by atoms with Crippen molar-refractivity contribution in [3.8, 4) is 0 Å². The van der Waals surface area contributed by atoms with Crippen LogP contribution in [0.15, 0.2) is 24.3 Å². The molecule has 18 heavy (non-hydrogen) atoms. The van der Waals surface area contributed by atoms with Crippen LogP contribution in [0.1, 0.15) is 47.6 Å².